The third kappa shape index (κ3) is 2.30. The molecule has 0 amide bonds. The molecule has 0 aliphatic carbocycles. The number of sulfonamides is 1. The minimum absolute atomic E-state index is 0.0945. The number of rotatable bonds is 2. The first-order chi connectivity index (χ1) is 11.6. The van der Waals surface area contributed by atoms with Gasteiger partial charge in [0.1, 0.15) is 23.9 Å². The lowest BCUT2D eigenvalue weighted by molar-refractivity contribution is 0.171. The van der Waals surface area contributed by atoms with Crippen molar-refractivity contribution in [2.75, 3.05) is 18.1 Å². The number of fused-ring (bicyclic) bond motifs is 2. The second kappa shape index (κ2) is 5.48. The molecule has 7 nitrogen and oxygen atoms in total. The Morgan fingerprint density at radius 1 is 1.17 bits per heavy atom. The van der Waals surface area contributed by atoms with Crippen molar-refractivity contribution in [1.29, 1.82) is 0 Å². The average Bonchev–Trinajstić information content (AvgIpc) is 2.61. The van der Waals surface area contributed by atoms with Crippen molar-refractivity contribution in [2.45, 2.75) is 18.2 Å². The van der Waals surface area contributed by atoms with Gasteiger partial charge >= 0.3 is 0 Å². The highest BCUT2D eigenvalue weighted by Gasteiger charge is 2.32. The van der Waals surface area contributed by atoms with Crippen LogP contribution in [0, 0.1) is 0 Å². The van der Waals surface area contributed by atoms with E-state index in [1.54, 1.807) is 17.2 Å². The molecule has 0 unspecified atom stereocenters. The summed E-state index contributed by atoms with van der Waals surface area (Å²) in [6.45, 7) is 2.85. The van der Waals surface area contributed by atoms with Crippen molar-refractivity contribution in [2.24, 2.45) is 4.40 Å². The van der Waals surface area contributed by atoms with Crippen molar-refractivity contribution >= 4 is 27.4 Å². The van der Waals surface area contributed by atoms with Crippen LogP contribution in [-0.4, -0.2) is 32.5 Å². The molecule has 0 saturated heterocycles. The van der Waals surface area contributed by atoms with Crippen LogP contribution in [0.3, 0.4) is 0 Å². The Morgan fingerprint density at radius 2 is 1.96 bits per heavy atom. The SMILES string of the molecule is CCC1=NS(=O)(=O)c2cccnc2N1c1ccc2c(c1)OCCO2. The lowest BCUT2D eigenvalue weighted by atomic mass is 10.2. The van der Waals surface area contributed by atoms with E-state index >= 15 is 0 Å². The summed E-state index contributed by atoms with van der Waals surface area (Å²) in [6, 6.07) is 8.57. The van der Waals surface area contributed by atoms with Gasteiger partial charge in [-0.25, -0.2) is 4.98 Å². The zero-order valence-corrected chi connectivity index (χ0v) is 13.8. The molecule has 124 valence electrons. The Hall–Kier alpha value is -2.61. The average molecular weight is 345 g/mol. The molecule has 0 radical (unpaired) electrons. The van der Waals surface area contributed by atoms with Crippen LogP contribution < -0.4 is 14.4 Å². The Kier molecular flexibility index (Phi) is 3.42. The Bertz CT molecular complexity index is 940. The van der Waals surface area contributed by atoms with Crippen LogP contribution in [-0.2, 0) is 10.0 Å². The van der Waals surface area contributed by atoms with Crippen LogP contribution in [0.5, 0.6) is 11.5 Å². The molecule has 1 aromatic carbocycles. The molecule has 0 spiro atoms. The molecule has 0 saturated carbocycles. The van der Waals surface area contributed by atoms with Crippen LogP contribution in [0.15, 0.2) is 45.8 Å². The molecule has 3 heterocycles. The molecule has 2 aliphatic rings. The maximum atomic E-state index is 12.4. The van der Waals surface area contributed by atoms with Crippen LogP contribution >= 0.6 is 0 Å². The fourth-order valence-electron chi connectivity index (χ4n) is 2.77. The van der Waals surface area contributed by atoms with Crippen molar-refractivity contribution in [1.82, 2.24) is 4.98 Å². The molecule has 24 heavy (non-hydrogen) atoms. The van der Waals surface area contributed by atoms with E-state index < -0.39 is 10.0 Å². The van der Waals surface area contributed by atoms with E-state index in [9.17, 15) is 8.42 Å². The first-order valence-corrected chi connectivity index (χ1v) is 9.03. The van der Waals surface area contributed by atoms with Crippen molar-refractivity contribution in [3.8, 4) is 11.5 Å². The van der Waals surface area contributed by atoms with Crippen molar-refractivity contribution in [3.05, 3.63) is 36.5 Å². The van der Waals surface area contributed by atoms with Crippen LogP contribution in [0.2, 0.25) is 0 Å². The van der Waals surface area contributed by atoms with Gasteiger partial charge < -0.3 is 9.47 Å². The highest BCUT2D eigenvalue weighted by atomic mass is 32.2. The molecule has 0 N–H and O–H groups in total. The van der Waals surface area contributed by atoms with Gasteiger partial charge in [-0.3, -0.25) is 4.90 Å². The summed E-state index contributed by atoms with van der Waals surface area (Å²) >= 11 is 0. The van der Waals surface area contributed by atoms with Gasteiger partial charge in [-0.2, -0.15) is 8.42 Å². The monoisotopic (exact) mass is 345 g/mol. The summed E-state index contributed by atoms with van der Waals surface area (Å²) < 4.78 is 39.8. The second-order valence-electron chi connectivity index (χ2n) is 5.32. The number of aromatic nitrogens is 1. The number of benzene rings is 1. The van der Waals surface area contributed by atoms with Gasteiger partial charge in [0.25, 0.3) is 10.0 Å². The van der Waals surface area contributed by atoms with Gasteiger partial charge in [0.05, 0.1) is 5.69 Å². The summed E-state index contributed by atoms with van der Waals surface area (Å²) in [4.78, 5) is 6.12. The van der Waals surface area contributed by atoms with Gasteiger partial charge in [-0.1, -0.05) is 6.92 Å². The Balaban J connectivity index is 1.90. The van der Waals surface area contributed by atoms with E-state index in [0.717, 1.165) is 5.69 Å². The summed E-state index contributed by atoms with van der Waals surface area (Å²) in [6.07, 6.45) is 2.02. The molecule has 0 bridgehead atoms. The van der Waals surface area contributed by atoms with Crippen LogP contribution in [0.1, 0.15) is 13.3 Å². The second-order valence-corrected chi connectivity index (χ2v) is 6.90. The minimum Gasteiger partial charge on any atom is -0.486 e. The quantitative estimate of drug-likeness (QED) is 0.832. The van der Waals surface area contributed by atoms with Crippen LogP contribution in [0.25, 0.3) is 0 Å². The molecular weight excluding hydrogens is 330 g/mol. The van der Waals surface area contributed by atoms with E-state index in [-0.39, 0.29) is 4.90 Å². The Morgan fingerprint density at radius 3 is 2.75 bits per heavy atom. The molecule has 4 rings (SSSR count). The van der Waals surface area contributed by atoms with Gasteiger partial charge in [0.15, 0.2) is 17.3 Å². The van der Waals surface area contributed by atoms with Crippen LogP contribution in [0.4, 0.5) is 11.5 Å². The fourth-order valence-corrected chi connectivity index (χ4v) is 3.98. The first kappa shape index (κ1) is 14.9. The smallest absolute Gasteiger partial charge is 0.287 e. The van der Waals surface area contributed by atoms with E-state index in [0.29, 0.717) is 42.8 Å². The van der Waals surface area contributed by atoms with Crippen molar-refractivity contribution in [3.63, 3.8) is 0 Å². The molecule has 0 fully saturated rings. The molecule has 0 atom stereocenters. The standard InChI is InChI=1S/C16H15N3O4S/c1-2-15-18-24(20,21)14-4-3-7-17-16(14)19(15)11-5-6-12-13(10-11)23-9-8-22-12/h3-7,10H,2,8-9H2,1H3. The van der Waals surface area contributed by atoms with Gasteiger partial charge in [0, 0.05) is 18.7 Å². The summed E-state index contributed by atoms with van der Waals surface area (Å²) in [5.74, 6) is 2.06. The lowest BCUT2D eigenvalue weighted by Crippen LogP contribution is -2.32. The van der Waals surface area contributed by atoms with E-state index in [1.165, 1.54) is 6.07 Å². The summed E-state index contributed by atoms with van der Waals surface area (Å²) in [5.41, 5.74) is 0.731. The molecule has 1 aromatic heterocycles. The summed E-state index contributed by atoms with van der Waals surface area (Å²) in [5, 5.41) is 0. The van der Waals surface area contributed by atoms with Gasteiger partial charge in [-0.15, -0.1) is 4.40 Å². The number of amidine groups is 1. The topological polar surface area (TPSA) is 81.1 Å². The van der Waals surface area contributed by atoms with E-state index in [2.05, 4.69) is 9.38 Å². The normalized spacial score (nSPS) is 17.9. The highest BCUT2D eigenvalue weighted by molar-refractivity contribution is 7.90. The Labute approximate surface area is 139 Å². The highest BCUT2D eigenvalue weighted by Crippen LogP contribution is 2.40. The third-order valence-electron chi connectivity index (χ3n) is 3.82. The van der Waals surface area contributed by atoms with Crippen molar-refractivity contribution < 1.29 is 17.9 Å². The lowest BCUT2D eigenvalue weighted by Gasteiger charge is -2.30. The van der Waals surface area contributed by atoms with E-state index in [1.807, 2.05) is 25.1 Å². The molecular formula is C16H15N3O4S. The minimum atomic E-state index is -3.73. The predicted molar refractivity (Wildman–Crippen MR) is 88.7 cm³/mol. The first-order valence-electron chi connectivity index (χ1n) is 7.59. The maximum Gasteiger partial charge on any atom is 0.287 e. The maximum absolute atomic E-state index is 12.4. The number of ether oxygens (including phenoxy) is 2. The number of anilines is 2. The predicted octanol–water partition coefficient (Wildman–Crippen LogP) is 2.50. The zero-order valence-electron chi connectivity index (χ0n) is 13.0. The number of hydrogen-bond acceptors (Lipinski definition) is 6. The number of hydrogen-bond donors (Lipinski definition) is 0. The number of nitrogens with zero attached hydrogens (tertiary/aromatic N) is 3. The van der Waals surface area contributed by atoms with Gasteiger partial charge in [-0.05, 0) is 24.3 Å². The fraction of sp³-hybridized carbons (Fsp3) is 0.250. The molecule has 2 aromatic rings. The zero-order chi connectivity index (χ0) is 16.7. The largest absolute Gasteiger partial charge is 0.486 e. The van der Waals surface area contributed by atoms with Gasteiger partial charge in [0.2, 0.25) is 0 Å². The molecule has 8 heteroatoms. The third-order valence-corrected chi connectivity index (χ3v) is 5.15. The molecule has 2 aliphatic heterocycles. The van der Waals surface area contributed by atoms with E-state index in [4.69, 9.17) is 9.47 Å². The number of pyridine rings is 1. The summed E-state index contributed by atoms with van der Waals surface area (Å²) in [7, 11) is -3.73.